The maximum atomic E-state index is 12.1. The molecule has 1 N–H and O–H groups in total. The SMILES string of the molecule is N#C[C@H]1CCCN(C(=O)NCc2cc(-c3cccnc3)no2)C1. The summed E-state index contributed by atoms with van der Waals surface area (Å²) in [5, 5.41) is 15.8. The molecule has 0 unspecified atom stereocenters. The van der Waals surface area contributed by atoms with E-state index in [1.54, 1.807) is 23.4 Å². The molecule has 3 rings (SSSR count). The van der Waals surface area contributed by atoms with Gasteiger partial charge in [0, 0.05) is 37.1 Å². The molecule has 0 aliphatic carbocycles. The van der Waals surface area contributed by atoms with E-state index in [1.165, 1.54) is 0 Å². The Morgan fingerprint density at radius 2 is 2.48 bits per heavy atom. The van der Waals surface area contributed by atoms with Crippen molar-refractivity contribution in [2.45, 2.75) is 19.4 Å². The van der Waals surface area contributed by atoms with Gasteiger partial charge in [-0.05, 0) is 25.0 Å². The number of aromatic nitrogens is 2. The van der Waals surface area contributed by atoms with Crippen molar-refractivity contribution in [1.29, 1.82) is 5.26 Å². The lowest BCUT2D eigenvalue weighted by atomic mass is 10.0. The number of rotatable bonds is 3. The van der Waals surface area contributed by atoms with Crippen molar-refractivity contribution in [1.82, 2.24) is 20.4 Å². The van der Waals surface area contributed by atoms with E-state index in [2.05, 4.69) is 21.5 Å². The monoisotopic (exact) mass is 311 g/mol. The van der Waals surface area contributed by atoms with Crippen LogP contribution in [0.3, 0.4) is 0 Å². The quantitative estimate of drug-likeness (QED) is 0.937. The van der Waals surface area contributed by atoms with Crippen molar-refractivity contribution in [3.63, 3.8) is 0 Å². The molecule has 118 valence electrons. The number of nitriles is 1. The van der Waals surface area contributed by atoms with Crippen LogP contribution in [0, 0.1) is 17.2 Å². The Kier molecular flexibility index (Phi) is 4.52. The molecule has 1 saturated heterocycles. The number of hydrogen-bond acceptors (Lipinski definition) is 5. The van der Waals surface area contributed by atoms with E-state index in [-0.39, 0.29) is 18.5 Å². The van der Waals surface area contributed by atoms with Crippen LogP contribution in [0.25, 0.3) is 11.3 Å². The Morgan fingerprint density at radius 1 is 1.57 bits per heavy atom. The van der Waals surface area contributed by atoms with E-state index in [9.17, 15) is 4.79 Å². The summed E-state index contributed by atoms with van der Waals surface area (Å²) in [6, 6.07) is 7.55. The third-order valence-corrected chi connectivity index (χ3v) is 3.82. The molecule has 2 aromatic rings. The first-order valence-electron chi connectivity index (χ1n) is 7.54. The lowest BCUT2D eigenvalue weighted by Gasteiger charge is -2.29. The number of nitrogens with one attached hydrogen (secondary N) is 1. The zero-order valence-corrected chi connectivity index (χ0v) is 12.6. The standard InChI is InChI=1S/C16H17N5O2/c17-8-12-3-2-6-21(11-12)16(22)19-10-14-7-15(20-23-14)13-4-1-5-18-9-13/h1,4-5,7,9,12H,2-3,6,10-11H2,(H,19,22)/t12-/m1/s1. The lowest BCUT2D eigenvalue weighted by Crippen LogP contribution is -2.45. The Balaban J connectivity index is 1.55. The third kappa shape index (κ3) is 3.66. The minimum absolute atomic E-state index is 0.0723. The van der Waals surface area contributed by atoms with Gasteiger partial charge in [0.1, 0.15) is 5.69 Å². The number of pyridine rings is 1. The molecule has 1 fully saturated rings. The van der Waals surface area contributed by atoms with E-state index in [0.717, 1.165) is 18.4 Å². The maximum Gasteiger partial charge on any atom is 0.317 e. The molecule has 1 atom stereocenters. The van der Waals surface area contributed by atoms with Crippen LogP contribution in [0.5, 0.6) is 0 Å². The van der Waals surface area contributed by atoms with Gasteiger partial charge in [0.25, 0.3) is 0 Å². The zero-order valence-electron chi connectivity index (χ0n) is 12.6. The molecular weight excluding hydrogens is 294 g/mol. The van der Waals surface area contributed by atoms with Crippen LogP contribution < -0.4 is 5.32 Å². The highest BCUT2D eigenvalue weighted by Gasteiger charge is 2.23. The minimum Gasteiger partial charge on any atom is -0.359 e. The van der Waals surface area contributed by atoms with Crippen LogP contribution in [-0.2, 0) is 6.54 Å². The van der Waals surface area contributed by atoms with Crippen LogP contribution in [0.4, 0.5) is 4.79 Å². The van der Waals surface area contributed by atoms with Crippen LogP contribution in [-0.4, -0.2) is 34.2 Å². The second-order valence-electron chi connectivity index (χ2n) is 5.49. The first-order chi connectivity index (χ1) is 11.3. The normalized spacial score (nSPS) is 17.5. The summed E-state index contributed by atoms with van der Waals surface area (Å²) in [5.41, 5.74) is 1.55. The van der Waals surface area contributed by atoms with Crippen molar-refractivity contribution in [2.75, 3.05) is 13.1 Å². The number of nitrogens with zero attached hydrogens (tertiary/aromatic N) is 4. The third-order valence-electron chi connectivity index (χ3n) is 3.82. The number of hydrogen-bond donors (Lipinski definition) is 1. The number of urea groups is 1. The highest BCUT2D eigenvalue weighted by atomic mass is 16.5. The van der Waals surface area contributed by atoms with E-state index in [0.29, 0.717) is 24.5 Å². The predicted octanol–water partition coefficient (Wildman–Crippen LogP) is 2.18. The number of amides is 2. The number of piperidine rings is 1. The molecule has 0 saturated carbocycles. The summed E-state index contributed by atoms with van der Waals surface area (Å²) in [6.45, 7) is 1.43. The molecule has 0 radical (unpaired) electrons. The van der Waals surface area contributed by atoms with Gasteiger partial charge in [0.2, 0.25) is 0 Å². The summed E-state index contributed by atoms with van der Waals surface area (Å²) >= 11 is 0. The Labute approximate surface area is 133 Å². The van der Waals surface area contributed by atoms with E-state index < -0.39 is 0 Å². The van der Waals surface area contributed by atoms with Gasteiger partial charge >= 0.3 is 6.03 Å². The van der Waals surface area contributed by atoms with E-state index >= 15 is 0 Å². The van der Waals surface area contributed by atoms with Gasteiger partial charge < -0.3 is 14.7 Å². The average molecular weight is 311 g/mol. The van der Waals surface area contributed by atoms with Crippen LogP contribution in [0.15, 0.2) is 35.1 Å². The second kappa shape index (κ2) is 6.92. The van der Waals surface area contributed by atoms with Crippen molar-refractivity contribution in [3.05, 3.63) is 36.4 Å². The average Bonchev–Trinajstić information content (AvgIpc) is 3.09. The second-order valence-corrected chi connectivity index (χ2v) is 5.49. The fraction of sp³-hybridized carbons (Fsp3) is 0.375. The summed E-state index contributed by atoms with van der Waals surface area (Å²) in [6.07, 6.45) is 5.11. The Hall–Kier alpha value is -2.88. The van der Waals surface area contributed by atoms with Gasteiger partial charge in [-0.1, -0.05) is 5.16 Å². The fourth-order valence-electron chi connectivity index (χ4n) is 2.59. The summed E-state index contributed by atoms with van der Waals surface area (Å²) in [4.78, 5) is 17.9. The van der Waals surface area contributed by atoms with Crippen molar-refractivity contribution in [3.8, 4) is 17.3 Å². The maximum absolute atomic E-state index is 12.1. The highest BCUT2D eigenvalue weighted by molar-refractivity contribution is 5.74. The van der Waals surface area contributed by atoms with E-state index in [1.807, 2.05) is 12.1 Å². The fourth-order valence-corrected chi connectivity index (χ4v) is 2.59. The number of carbonyl (C=O) groups is 1. The molecule has 7 heteroatoms. The molecular formula is C16H17N5O2. The molecule has 7 nitrogen and oxygen atoms in total. The molecule has 0 aromatic carbocycles. The van der Waals surface area contributed by atoms with E-state index in [4.69, 9.17) is 9.78 Å². The van der Waals surface area contributed by atoms with Crippen molar-refractivity contribution < 1.29 is 9.32 Å². The van der Waals surface area contributed by atoms with Gasteiger partial charge in [0.15, 0.2) is 5.76 Å². The first kappa shape index (κ1) is 15.0. The van der Waals surface area contributed by atoms with Crippen LogP contribution >= 0.6 is 0 Å². The summed E-state index contributed by atoms with van der Waals surface area (Å²) < 4.78 is 5.24. The Morgan fingerprint density at radius 3 is 3.26 bits per heavy atom. The molecule has 0 bridgehead atoms. The van der Waals surface area contributed by atoms with Crippen molar-refractivity contribution in [2.24, 2.45) is 5.92 Å². The first-order valence-corrected chi connectivity index (χ1v) is 7.54. The zero-order chi connectivity index (χ0) is 16.1. The summed E-state index contributed by atoms with van der Waals surface area (Å²) in [7, 11) is 0. The molecule has 2 aromatic heterocycles. The largest absolute Gasteiger partial charge is 0.359 e. The number of likely N-dealkylation sites (tertiary alicyclic amines) is 1. The minimum atomic E-state index is -0.177. The topological polar surface area (TPSA) is 95.1 Å². The van der Waals surface area contributed by atoms with Crippen LogP contribution in [0.2, 0.25) is 0 Å². The molecule has 0 spiro atoms. The van der Waals surface area contributed by atoms with Gasteiger partial charge in [-0.15, -0.1) is 0 Å². The van der Waals surface area contributed by atoms with Gasteiger partial charge in [-0.3, -0.25) is 4.98 Å². The molecule has 1 aliphatic heterocycles. The molecule has 1 aliphatic rings. The summed E-state index contributed by atoms with van der Waals surface area (Å²) in [5.74, 6) is 0.503. The number of carbonyl (C=O) groups excluding carboxylic acids is 1. The van der Waals surface area contributed by atoms with Gasteiger partial charge in [0.05, 0.1) is 18.5 Å². The van der Waals surface area contributed by atoms with Crippen molar-refractivity contribution >= 4 is 6.03 Å². The lowest BCUT2D eigenvalue weighted by molar-refractivity contribution is 0.175. The molecule has 3 heterocycles. The smallest absolute Gasteiger partial charge is 0.317 e. The molecule has 23 heavy (non-hydrogen) atoms. The van der Waals surface area contributed by atoms with Gasteiger partial charge in [-0.25, -0.2) is 4.79 Å². The van der Waals surface area contributed by atoms with Crippen LogP contribution in [0.1, 0.15) is 18.6 Å². The van der Waals surface area contributed by atoms with Gasteiger partial charge in [-0.2, -0.15) is 5.26 Å². The predicted molar refractivity (Wildman–Crippen MR) is 81.9 cm³/mol. The molecule has 2 amide bonds. The Bertz CT molecular complexity index is 707. The highest BCUT2D eigenvalue weighted by Crippen LogP contribution is 2.18.